The van der Waals surface area contributed by atoms with E-state index in [4.69, 9.17) is 5.73 Å². The number of aliphatic imine (C=N–C) groups is 1. The van der Waals surface area contributed by atoms with Crippen molar-refractivity contribution in [1.29, 1.82) is 0 Å². The highest BCUT2D eigenvalue weighted by atomic mass is 16.2. The predicted molar refractivity (Wildman–Crippen MR) is 74.7 cm³/mol. The summed E-state index contributed by atoms with van der Waals surface area (Å²) in [4.78, 5) is 18.0. The van der Waals surface area contributed by atoms with Gasteiger partial charge in [0.15, 0.2) is 0 Å². The van der Waals surface area contributed by atoms with E-state index in [0.29, 0.717) is 18.3 Å². The summed E-state index contributed by atoms with van der Waals surface area (Å²) in [6.45, 7) is 2.81. The van der Waals surface area contributed by atoms with Gasteiger partial charge in [0, 0.05) is 6.54 Å². The van der Waals surface area contributed by atoms with Gasteiger partial charge in [0.05, 0.1) is 0 Å². The lowest BCUT2D eigenvalue weighted by atomic mass is 9.93. The second-order valence-electron chi connectivity index (χ2n) is 5.73. The number of rotatable bonds is 2. The zero-order valence-electron chi connectivity index (χ0n) is 11.2. The lowest BCUT2D eigenvalue weighted by molar-refractivity contribution is 0.166. The molecular formula is C15H19N3O. The number of urea groups is 1. The van der Waals surface area contributed by atoms with E-state index in [0.717, 1.165) is 24.8 Å². The molecule has 1 aromatic carbocycles. The van der Waals surface area contributed by atoms with Crippen molar-refractivity contribution < 1.29 is 4.79 Å². The Morgan fingerprint density at radius 2 is 2.16 bits per heavy atom. The third-order valence-electron chi connectivity index (χ3n) is 4.36. The number of amidine groups is 1. The first-order valence-electron chi connectivity index (χ1n) is 6.82. The first kappa shape index (κ1) is 12.2. The van der Waals surface area contributed by atoms with Gasteiger partial charge in [0.2, 0.25) is 0 Å². The molecule has 100 valence electrons. The minimum atomic E-state index is -0.327. The Bertz CT molecular complexity index is 525. The molecule has 0 aromatic heterocycles. The fourth-order valence-corrected chi connectivity index (χ4v) is 3.32. The van der Waals surface area contributed by atoms with Gasteiger partial charge in [-0.3, -0.25) is 0 Å². The highest BCUT2D eigenvalue weighted by Crippen LogP contribution is 2.42. The third-order valence-corrected chi connectivity index (χ3v) is 4.36. The Balaban J connectivity index is 1.89. The first-order valence-corrected chi connectivity index (χ1v) is 6.82. The lowest BCUT2D eigenvalue weighted by Gasteiger charge is -2.34. The van der Waals surface area contributed by atoms with E-state index < -0.39 is 0 Å². The molecule has 4 nitrogen and oxygen atoms in total. The molecule has 0 radical (unpaired) electrons. The molecule has 2 N–H and O–H groups in total. The average molecular weight is 257 g/mol. The summed E-state index contributed by atoms with van der Waals surface area (Å²) < 4.78 is 0. The molecule has 2 unspecified atom stereocenters. The van der Waals surface area contributed by atoms with Crippen LogP contribution >= 0.6 is 0 Å². The van der Waals surface area contributed by atoms with Crippen molar-refractivity contribution in [3.05, 3.63) is 35.9 Å². The van der Waals surface area contributed by atoms with E-state index >= 15 is 0 Å². The molecule has 2 amide bonds. The van der Waals surface area contributed by atoms with Crippen molar-refractivity contribution in [1.82, 2.24) is 4.90 Å². The summed E-state index contributed by atoms with van der Waals surface area (Å²) in [6, 6.07) is 9.85. The predicted octanol–water partition coefficient (Wildman–Crippen LogP) is 2.54. The maximum absolute atomic E-state index is 12.1. The molecule has 0 saturated heterocycles. The quantitative estimate of drug-likeness (QED) is 0.885. The number of carbonyl (C=O) groups excluding carboxylic acids is 1. The van der Waals surface area contributed by atoms with Gasteiger partial charge in [0.25, 0.3) is 0 Å². The zero-order valence-corrected chi connectivity index (χ0v) is 11.2. The van der Waals surface area contributed by atoms with Crippen molar-refractivity contribution in [2.75, 3.05) is 0 Å². The van der Waals surface area contributed by atoms with Crippen LogP contribution in [0.2, 0.25) is 0 Å². The molecule has 1 fully saturated rings. The lowest BCUT2D eigenvalue weighted by Crippen LogP contribution is -2.52. The highest BCUT2D eigenvalue weighted by molar-refractivity contribution is 6.06. The summed E-state index contributed by atoms with van der Waals surface area (Å²) in [6.07, 6.45) is 2.97. The molecule has 2 aliphatic rings. The SMILES string of the molecule is CC1CCC2(C1)C(N)=NC(=O)N2Cc1ccccc1. The van der Waals surface area contributed by atoms with Crippen LogP contribution in [0.1, 0.15) is 31.7 Å². The van der Waals surface area contributed by atoms with Gasteiger partial charge in [-0.2, -0.15) is 4.99 Å². The molecule has 1 saturated carbocycles. The number of benzene rings is 1. The van der Waals surface area contributed by atoms with Crippen LogP contribution in [0.4, 0.5) is 4.79 Å². The van der Waals surface area contributed by atoms with Crippen LogP contribution in [-0.2, 0) is 6.54 Å². The molecule has 1 aromatic rings. The van der Waals surface area contributed by atoms with Crippen LogP contribution in [0.5, 0.6) is 0 Å². The van der Waals surface area contributed by atoms with E-state index in [1.165, 1.54) is 0 Å². The summed E-state index contributed by atoms with van der Waals surface area (Å²) in [5, 5.41) is 0. The second-order valence-corrected chi connectivity index (χ2v) is 5.73. The minimum absolute atomic E-state index is 0.185. The molecule has 2 atom stereocenters. The molecule has 3 rings (SSSR count). The minimum Gasteiger partial charge on any atom is -0.385 e. The van der Waals surface area contributed by atoms with Crippen molar-refractivity contribution >= 4 is 11.9 Å². The summed E-state index contributed by atoms with van der Waals surface area (Å²) >= 11 is 0. The van der Waals surface area contributed by atoms with Crippen LogP contribution in [0, 0.1) is 5.92 Å². The number of nitrogens with two attached hydrogens (primary N) is 1. The summed E-state index contributed by atoms with van der Waals surface area (Å²) in [7, 11) is 0. The van der Waals surface area contributed by atoms with Crippen molar-refractivity contribution in [3.63, 3.8) is 0 Å². The van der Waals surface area contributed by atoms with Gasteiger partial charge >= 0.3 is 6.03 Å². The zero-order chi connectivity index (χ0) is 13.5. The van der Waals surface area contributed by atoms with Gasteiger partial charge in [-0.15, -0.1) is 0 Å². The molecule has 0 bridgehead atoms. The third kappa shape index (κ3) is 1.91. The smallest absolute Gasteiger partial charge is 0.346 e. The van der Waals surface area contributed by atoms with Crippen LogP contribution in [0.25, 0.3) is 0 Å². The largest absolute Gasteiger partial charge is 0.385 e. The van der Waals surface area contributed by atoms with E-state index in [1.807, 2.05) is 35.2 Å². The monoisotopic (exact) mass is 257 g/mol. The standard InChI is InChI=1S/C15H19N3O/c1-11-7-8-15(9-11)13(16)17-14(19)18(15)10-12-5-3-2-4-6-12/h2-6,11H,7-10H2,1H3,(H2,16,17,19). The highest BCUT2D eigenvalue weighted by Gasteiger charge is 2.51. The molecule has 1 spiro atoms. The van der Waals surface area contributed by atoms with Gasteiger partial charge in [-0.1, -0.05) is 37.3 Å². The summed E-state index contributed by atoms with van der Waals surface area (Å²) in [5.41, 5.74) is 6.86. The van der Waals surface area contributed by atoms with Gasteiger partial charge < -0.3 is 10.6 Å². The number of amides is 2. The number of nitrogens with zero attached hydrogens (tertiary/aromatic N) is 2. The molecule has 4 heteroatoms. The Hall–Kier alpha value is -1.84. The Kier molecular flexibility index (Phi) is 2.81. The number of carbonyl (C=O) groups is 1. The first-order chi connectivity index (χ1) is 9.12. The maximum Gasteiger partial charge on any atom is 0.346 e. The van der Waals surface area contributed by atoms with Crippen LogP contribution in [-0.4, -0.2) is 22.3 Å². The van der Waals surface area contributed by atoms with Crippen LogP contribution in [0.3, 0.4) is 0 Å². The fraction of sp³-hybridized carbons (Fsp3) is 0.467. The van der Waals surface area contributed by atoms with E-state index in [1.54, 1.807) is 0 Å². The van der Waals surface area contributed by atoms with Crippen LogP contribution in [0.15, 0.2) is 35.3 Å². The Morgan fingerprint density at radius 3 is 2.79 bits per heavy atom. The van der Waals surface area contributed by atoms with E-state index in [2.05, 4.69) is 11.9 Å². The van der Waals surface area contributed by atoms with Crippen molar-refractivity contribution in [2.45, 2.75) is 38.3 Å². The molecule has 1 aliphatic carbocycles. The van der Waals surface area contributed by atoms with Gasteiger partial charge in [0.1, 0.15) is 11.4 Å². The topological polar surface area (TPSA) is 58.7 Å². The van der Waals surface area contributed by atoms with E-state index in [9.17, 15) is 4.79 Å². The summed E-state index contributed by atoms with van der Waals surface area (Å²) in [5.74, 6) is 1.11. The van der Waals surface area contributed by atoms with Crippen molar-refractivity contribution in [2.24, 2.45) is 16.6 Å². The fourth-order valence-electron chi connectivity index (χ4n) is 3.32. The Morgan fingerprint density at radius 1 is 1.42 bits per heavy atom. The Labute approximate surface area is 113 Å². The molecule has 1 heterocycles. The molecule has 19 heavy (non-hydrogen) atoms. The van der Waals surface area contributed by atoms with Gasteiger partial charge in [-0.25, -0.2) is 4.79 Å². The normalized spacial score (nSPS) is 30.2. The van der Waals surface area contributed by atoms with Crippen molar-refractivity contribution in [3.8, 4) is 0 Å². The van der Waals surface area contributed by atoms with E-state index in [-0.39, 0.29) is 11.6 Å². The maximum atomic E-state index is 12.1. The number of hydrogen-bond donors (Lipinski definition) is 1. The number of hydrogen-bond acceptors (Lipinski definition) is 2. The second kappa shape index (κ2) is 4.37. The average Bonchev–Trinajstić information content (AvgIpc) is 2.88. The van der Waals surface area contributed by atoms with Gasteiger partial charge in [-0.05, 0) is 30.7 Å². The van der Waals surface area contributed by atoms with Crippen LogP contribution < -0.4 is 5.73 Å². The molecular weight excluding hydrogens is 238 g/mol. The molecule has 1 aliphatic heterocycles.